The van der Waals surface area contributed by atoms with Crippen LogP contribution in [0.5, 0.6) is 0 Å². The van der Waals surface area contributed by atoms with Crippen LogP contribution < -0.4 is 0 Å². The summed E-state index contributed by atoms with van der Waals surface area (Å²) in [6.07, 6.45) is 3.94. The first-order valence-corrected chi connectivity index (χ1v) is 5.72. The smallest absolute Gasteiger partial charge is 0.0253 e. The zero-order valence-electron chi connectivity index (χ0n) is 9.66. The Morgan fingerprint density at radius 2 is 1.57 bits per heavy atom. The molecular formula is C14H22. The first kappa shape index (κ1) is 11.3. The van der Waals surface area contributed by atoms with Gasteiger partial charge in [-0.15, -0.1) is 0 Å². The van der Waals surface area contributed by atoms with Crippen LogP contribution in [0.4, 0.5) is 0 Å². The Bertz CT molecular complexity index is 235. The van der Waals surface area contributed by atoms with E-state index in [2.05, 4.69) is 51.1 Å². The molecule has 0 bridgehead atoms. The van der Waals surface area contributed by atoms with Gasteiger partial charge in [-0.1, -0.05) is 63.9 Å². The minimum Gasteiger partial charge on any atom is -0.0628 e. The minimum atomic E-state index is 0.819. The lowest BCUT2D eigenvalue weighted by Crippen LogP contribution is -2.01. The Morgan fingerprint density at radius 3 is 2.14 bits per heavy atom. The average Bonchev–Trinajstić information content (AvgIpc) is 2.16. The molecule has 14 heavy (non-hydrogen) atoms. The van der Waals surface area contributed by atoms with E-state index >= 15 is 0 Å². The zero-order chi connectivity index (χ0) is 10.4. The molecule has 0 aliphatic rings. The van der Waals surface area contributed by atoms with Gasteiger partial charge in [-0.2, -0.15) is 0 Å². The molecule has 1 aromatic rings. The summed E-state index contributed by atoms with van der Waals surface area (Å²) in [6, 6.07) is 10.8. The van der Waals surface area contributed by atoms with Gasteiger partial charge in [0.15, 0.2) is 0 Å². The monoisotopic (exact) mass is 190 g/mol. The van der Waals surface area contributed by atoms with Crippen LogP contribution in [-0.2, 0) is 6.42 Å². The fraction of sp³-hybridized carbons (Fsp3) is 0.571. The Kier molecular flexibility index (Phi) is 4.72. The standard InChI is InChI=1S/C14H22/c1-12(2)9-10-13(3)11-14-7-5-4-6-8-14/h4-8,12-13H,9-11H2,1-3H3. The molecule has 1 rings (SSSR count). The molecule has 0 N–H and O–H groups in total. The maximum absolute atomic E-state index is 2.36. The summed E-state index contributed by atoms with van der Waals surface area (Å²) in [5.41, 5.74) is 1.48. The molecule has 0 aliphatic heterocycles. The van der Waals surface area contributed by atoms with Crippen molar-refractivity contribution >= 4 is 0 Å². The van der Waals surface area contributed by atoms with E-state index in [-0.39, 0.29) is 0 Å². The van der Waals surface area contributed by atoms with Crippen LogP contribution in [0.15, 0.2) is 30.3 Å². The molecule has 0 heterocycles. The first-order chi connectivity index (χ1) is 6.68. The van der Waals surface area contributed by atoms with Gasteiger partial charge in [0.05, 0.1) is 0 Å². The van der Waals surface area contributed by atoms with Crippen LogP contribution in [0.3, 0.4) is 0 Å². The molecule has 0 spiro atoms. The fourth-order valence-electron chi connectivity index (χ4n) is 1.74. The summed E-state index contributed by atoms with van der Waals surface area (Å²) in [5.74, 6) is 1.66. The summed E-state index contributed by atoms with van der Waals surface area (Å²) in [4.78, 5) is 0. The van der Waals surface area contributed by atoms with Gasteiger partial charge in [0, 0.05) is 0 Å². The highest BCUT2D eigenvalue weighted by molar-refractivity contribution is 5.14. The van der Waals surface area contributed by atoms with Gasteiger partial charge in [-0.05, 0) is 23.8 Å². The summed E-state index contributed by atoms with van der Waals surface area (Å²) in [6.45, 7) is 6.96. The van der Waals surface area contributed by atoms with Crippen molar-refractivity contribution in [2.75, 3.05) is 0 Å². The van der Waals surface area contributed by atoms with Crippen molar-refractivity contribution in [2.24, 2.45) is 11.8 Å². The van der Waals surface area contributed by atoms with E-state index in [1.54, 1.807) is 0 Å². The molecular weight excluding hydrogens is 168 g/mol. The second kappa shape index (κ2) is 5.85. The maximum atomic E-state index is 2.36. The number of benzene rings is 1. The van der Waals surface area contributed by atoms with Crippen LogP contribution >= 0.6 is 0 Å². The Morgan fingerprint density at radius 1 is 0.929 bits per heavy atom. The molecule has 0 heteroatoms. The normalized spacial score (nSPS) is 13.1. The first-order valence-electron chi connectivity index (χ1n) is 5.72. The van der Waals surface area contributed by atoms with Crippen molar-refractivity contribution in [2.45, 2.75) is 40.0 Å². The summed E-state index contributed by atoms with van der Waals surface area (Å²) in [7, 11) is 0. The van der Waals surface area contributed by atoms with Crippen molar-refractivity contribution < 1.29 is 0 Å². The molecule has 0 saturated carbocycles. The predicted octanol–water partition coefficient (Wildman–Crippen LogP) is 4.30. The van der Waals surface area contributed by atoms with E-state index in [0.717, 1.165) is 11.8 Å². The van der Waals surface area contributed by atoms with Gasteiger partial charge in [-0.25, -0.2) is 0 Å². The van der Waals surface area contributed by atoms with Gasteiger partial charge in [0.25, 0.3) is 0 Å². The highest BCUT2D eigenvalue weighted by Gasteiger charge is 2.04. The van der Waals surface area contributed by atoms with E-state index in [0.29, 0.717) is 0 Å². The van der Waals surface area contributed by atoms with Crippen molar-refractivity contribution in [3.05, 3.63) is 35.9 Å². The van der Waals surface area contributed by atoms with Gasteiger partial charge in [0.1, 0.15) is 0 Å². The maximum Gasteiger partial charge on any atom is -0.0253 e. The number of hydrogen-bond acceptors (Lipinski definition) is 0. The second-order valence-electron chi connectivity index (χ2n) is 4.77. The Labute approximate surface area is 88.4 Å². The lowest BCUT2D eigenvalue weighted by atomic mass is 9.93. The third kappa shape index (κ3) is 4.45. The Balaban J connectivity index is 2.30. The van der Waals surface area contributed by atoms with Crippen LogP contribution in [0, 0.1) is 11.8 Å². The van der Waals surface area contributed by atoms with Crippen molar-refractivity contribution in [1.29, 1.82) is 0 Å². The molecule has 1 aromatic carbocycles. The van der Waals surface area contributed by atoms with E-state index in [1.165, 1.54) is 24.8 Å². The molecule has 0 radical (unpaired) electrons. The van der Waals surface area contributed by atoms with Crippen molar-refractivity contribution in [3.63, 3.8) is 0 Å². The predicted molar refractivity (Wildman–Crippen MR) is 63.4 cm³/mol. The number of hydrogen-bond donors (Lipinski definition) is 0. The molecule has 1 unspecified atom stereocenters. The van der Waals surface area contributed by atoms with Crippen LogP contribution in [0.2, 0.25) is 0 Å². The molecule has 0 aromatic heterocycles. The molecule has 0 nitrogen and oxygen atoms in total. The molecule has 0 aliphatic carbocycles. The fourth-order valence-corrected chi connectivity index (χ4v) is 1.74. The van der Waals surface area contributed by atoms with E-state index in [4.69, 9.17) is 0 Å². The topological polar surface area (TPSA) is 0 Å². The van der Waals surface area contributed by atoms with Gasteiger partial charge >= 0.3 is 0 Å². The van der Waals surface area contributed by atoms with Crippen LogP contribution in [0.1, 0.15) is 39.2 Å². The van der Waals surface area contributed by atoms with Crippen molar-refractivity contribution in [1.82, 2.24) is 0 Å². The summed E-state index contributed by atoms with van der Waals surface area (Å²) >= 11 is 0. The van der Waals surface area contributed by atoms with E-state index in [9.17, 15) is 0 Å². The van der Waals surface area contributed by atoms with Gasteiger partial charge in [0.2, 0.25) is 0 Å². The molecule has 0 saturated heterocycles. The summed E-state index contributed by atoms with van der Waals surface area (Å²) < 4.78 is 0. The molecule has 0 amide bonds. The van der Waals surface area contributed by atoms with E-state index in [1.807, 2.05) is 0 Å². The molecule has 0 fully saturated rings. The third-order valence-electron chi connectivity index (χ3n) is 2.66. The highest BCUT2D eigenvalue weighted by Crippen LogP contribution is 2.16. The quantitative estimate of drug-likeness (QED) is 0.649. The largest absolute Gasteiger partial charge is 0.0628 e. The zero-order valence-corrected chi connectivity index (χ0v) is 9.66. The number of rotatable bonds is 5. The lowest BCUT2D eigenvalue weighted by molar-refractivity contribution is 0.448. The van der Waals surface area contributed by atoms with Crippen molar-refractivity contribution in [3.8, 4) is 0 Å². The van der Waals surface area contributed by atoms with E-state index < -0.39 is 0 Å². The SMILES string of the molecule is CC(C)CCC(C)Cc1ccccc1. The van der Waals surface area contributed by atoms with Crippen LogP contribution in [0.25, 0.3) is 0 Å². The third-order valence-corrected chi connectivity index (χ3v) is 2.66. The molecule has 1 atom stereocenters. The summed E-state index contributed by atoms with van der Waals surface area (Å²) in [5, 5.41) is 0. The van der Waals surface area contributed by atoms with Crippen LogP contribution in [-0.4, -0.2) is 0 Å². The average molecular weight is 190 g/mol. The van der Waals surface area contributed by atoms with Gasteiger partial charge in [-0.3, -0.25) is 0 Å². The Hall–Kier alpha value is -0.780. The highest BCUT2D eigenvalue weighted by atomic mass is 14.1. The second-order valence-corrected chi connectivity index (χ2v) is 4.77. The van der Waals surface area contributed by atoms with Gasteiger partial charge < -0.3 is 0 Å². The lowest BCUT2D eigenvalue weighted by Gasteiger charge is -2.12. The molecule has 78 valence electrons. The minimum absolute atomic E-state index is 0.819.